The smallest absolute Gasteiger partial charge is 0.162 e. The number of nitrogens with one attached hydrogen (secondary N) is 2. The van der Waals surface area contributed by atoms with E-state index in [1.165, 1.54) is 4.88 Å². The molecule has 0 unspecified atom stereocenters. The largest absolute Gasteiger partial charge is 0.495 e. The lowest BCUT2D eigenvalue weighted by Crippen LogP contribution is -2.34. The summed E-state index contributed by atoms with van der Waals surface area (Å²) in [5.74, 6) is 2.79. The summed E-state index contributed by atoms with van der Waals surface area (Å²) in [6, 6.07) is 14.1. The molecule has 4 aromatic rings. The van der Waals surface area contributed by atoms with Crippen LogP contribution in [-0.2, 0) is 0 Å². The predicted octanol–water partition coefficient (Wildman–Crippen LogP) is 5.25. The summed E-state index contributed by atoms with van der Waals surface area (Å²) in [6.45, 7) is 1.91. The number of piperidine rings is 1. The van der Waals surface area contributed by atoms with Crippen LogP contribution in [0.15, 0.2) is 54.2 Å². The average Bonchev–Trinajstić information content (AvgIpc) is 3.40. The highest BCUT2D eigenvalue weighted by molar-refractivity contribution is 7.13. The second-order valence-corrected chi connectivity index (χ2v) is 8.77. The van der Waals surface area contributed by atoms with Gasteiger partial charge in [0.1, 0.15) is 24.0 Å². The van der Waals surface area contributed by atoms with Crippen LogP contribution < -0.4 is 24.8 Å². The fourth-order valence-electron chi connectivity index (χ4n) is 4.04. The quantitative estimate of drug-likeness (QED) is 0.388. The van der Waals surface area contributed by atoms with Crippen molar-refractivity contribution in [1.29, 1.82) is 0 Å². The first-order valence-corrected chi connectivity index (χ1v) is 11.8. The van der Waals surface area contributed by atoms with Gasteiger partial charge in [-0.1, -0.05) is 6.07 Å². The zero-order valence-electron chi connectivity index (χ0n) is 18.6. The van der Waals surface area contributed by atoms with E-state index >= 15 is 0 Å². The third-order valence-corrected chi connectivity index (χ3v) is 6.68. The molecule has 0 bridgehead atoms. The van der Waals surface area contributed by atoms with E-state index in [1.807, 2.05) is 24.3 Å². The zero-order valence-corrected chi connectivity index (χ0v) is 19.4. The molecule has 1 fully saturated rings. The van der Waals surface area contributed by atoms with Crippen LogP contribution in [0.2, 0.25) is 0 Å². The lowest BCUT2D eigenvalue weighted by molar-refractivity contribution is 0.157. The van der Waals surface area contributed by atoms with Gasteiger partial charge in [-0.15, -0.1) is 11.3 Å². The van der Waals surface area contributed by atoms with Crippen molar-refractivity contribution in [3.8, 4) is 27.7 Å². The minimum absolute atomic E-state index is 0.154. The second-order valence-electron chi connectivity index (χ2n) is 7.83. The summed E-state index contributed by atoms with van der Waals surface area (Å²) < 4.78 is 17.5. The van der Waals surface area contributed by atoms with Crippen molar-refractivity contribution in [3.63, 3.8) is 0 Å². The van der Waals surface area contributed by atoms with Gasteiger partial charge in [0.05, 0.1) is 25.4 Å². The highest BCUT2D eigenvalue weighted by Gasteiger charge is 2.19. The Morgan fingerprint density at radius 3 is 2.58 bits per heavy atom. The summed E-state index contributed by atoms with van der Waals surface area (Å²) in [4.78, 5) is 10.2. The summed E-state index contributed by atoms with van der Waals surface area (Å²) in [7, 11) is 3.32. The number of thiophene rings is 1. The SMILES string of the molecule is COc1ccc(-c2cccs2)cc1Nc1ncnc2cc(OC)c(OC3CCNCC3)cc12. The molecule has 170 valence electrons. The molecule has 2 aromatic carbocycles. The van der Waals surface area contributed by atoms with E-state index in [9.17, 15) is 0 Å². The molecule has 8 heteroatoms. The lowest BCUT2D eigenvalue weighted by atomic mass is 10.1. The zero-order chi connectivity index (χ0) is 22.6. The van der Waals surface area contributed by atoms with E-state index in [0.717, 1.165) is 53.8 Å². The molecule has 5 rings (SSSR count). The normalized spacial score (nSPS) is 14.2. The van der Waals surface area contributed by atoms with Gasteiger partial charge in [0.25, 0.3) is 0 Å². The fraction of sp³-hybridized carbons (Fsp3) is 0.280. The molecule has 33 heavy (non-hydrogen) atoms. The first kappa shape index (κ1) is 21.5. The Bertz CT molecular complexity index is 1240. The van der Waals surface area contributed by atoms with Gasteiger partial charge < -0.3 is 24.8 Å². The molecule has 1 aliphatic rings. The molecule has 0 saturated carbocycles. The van der Waals surface area contributed by atoms with Crippen LogP contribution >= 0.6 is 11.3 Å². The number of anilines is 2. The number of methoxy groups -OCH3 is 2. The maximum absolute atomic E-state index is 6.33. The molecule has 0 atom stereocenters. The van der Waals surface area contributed by atoms with Crippen LogP contribution in [0.5, 0.6) is 17.2 Å². The molecule has 0 aliphatic carbocycles. The van der Waals surface area contributed by atoms with Crippen LogP contribution in [-0.4, -0.2) is 43.4 Å². The second kappa shape index (κ2) is 9.64. The Balaban J connectivity index is 1.53. The fourth-order valence-corrected chi connectivity index (χ4v) is 4.76. The van der Waals surface area contributed by atoms with Crippen LogP contribution in [0, 0.1) is 0 Å². The topological polar surface area (TPSA) is 77.5 Å². The van der Waals surface area contributed by atoms with Crippen molar-refractivity contribution < 1.29 is 14.2 Å². The lowest BCUT2D eigenvalue weighted by Gasteiger charge is -2.25. The highest BCUT2D eigenvalue weighted by atomic mass is 32.1. The van der Waals surface area contributed by atoms with Crippen LogP contribution in [0.25, 0.3) is 21.3 Å². The minimum Gasteiger partial charge on any atom is -0.495 e. The van der Waals surface area contributed by atoms with Crippen molar-refractivity contribution in [1.82, 2.24) is 15.3 Å². The number of benzene rings is 2. The van der Waals surface area contributed by atoms with Gasteiger partial charge in [-0.25, -0.2) is 9.97 Å². The van der Waals surface area contributed by atoms with E-state index in [-0.39, 0.29) is 6.10 Å². The Hall–Kier alpha value is -3.36. The standard InChI is InChI=1S/C25H26N4O3S/c1-30-21-6-5-16(24-4-3-11-33-24)12-20(21)29-25-18-13-23(32-17-7-9-26-10-8-17)22(31-2)14-19(18)27-15-28-25/h3-6,11-15,17,26H,7-10H2,1-2H3,(H,27,28,29). The highest BCUT2D eigenvalue weighted by Crippen LogP contribution is 2.38. The number of nitrogens with zero attached hydrogens (tertiary/aromatic N) is 2. The van der Waals surface area contributed by atoms with Gasteiger partial charge >= 0.3 is 0 Å². The van der Waals surface area contributed by atoms with E-state index in [1.54, 1.807) is 31.9 Å². The first-order chi connectivity index (χ1) is 16.2. The van der Waals surface area contributed by atoms with Crippen molar-refractivity contribution in [2.45, 2.75) is 18.9 Å². The molecule has 2 N–H and O–H groups in total. The van der Waals surface area contributed by atoms with Crippen molar-refractivity contribution in [2.24, 2.45) is 0 Å². The Kier molecular flexibility index (Phi) is 6.28. The maximum Gasteiger partial charge on any atom is 0.162 e. The number of ether oxygens (including phenoxy) is 3. The Morgan fingerprint density at radius 2 is 1.82 bits per heavy atom. The molecule has 3 heterocycles. The maximum atomic E-state index is 6.33. The number of aromatic nitrogens is 2. The number of rotatable bonds is 7. The van der Waals surface area contributed by atoms with Crippen molar-refractivity contribution >= 4 is 33.7 Å². The van der Waals surface area contributed by atoms with Crippen LogP contribution in [0.4, 0.5) is 11.5 Å². The molecular formula is C25H26N4O3S. The van der Waals surface area contributed by atoms with Crippen molar-refractivity contribution in [3.05, 3.63) is 54.2 Å². The molecule has 1 aliphatic heterocycles. The van der Waals surface area contributed by atoms with Crippen LogP contribution in [0.1, 0.15) is 12.8 Å². The van der Waals surface area contributed by atoms with E-state index in [0.29, 0.717) is 17.3 Å². The molecule has 2 aromatic heterocycles. The van der Waals surface area contributed by atoms with Gasteiger partial charge in [0.2, 0.25) is 0 Å². The monoisotopic (exact) mass is 462 g/mol. The predicted molar refractivity (Wildman–Crippen MR) is 132 cm³/mol. The summed E-state index contributed by atoms with van der Waals surface area (Å²) in [5, 5.41) is 9.75. The van der Waals surface area contributed by atoms with Crippen molar-refractivity contribution in [2.75, 3.05) is 32.6 Å². The Labute approximate surface area is 196 Å². The van der Waals surface area contributed by atoms with E-state index in [2.05, 4.69) is 44.2 Å². The first-order valence-electron chi connectivity index (χ1n) is 10.9. The summed E-state index contributed by atoms with van der Waals surface area (Å²) in [6.07, 6.45) is 3.63. The minimum atomic E-state index is 0.154. The molecule has 0 amide bonds. The van der Waals surface area contributed by atoms with Gasteiger partial charge in [-0.05, 0) is 67.2 Å². The number of hydrogen-bond acceptors (Lipinski definition) is 8. The van der Waals surface area contributed by atoms with E-state index < -0.39 is 0 Å². The molecule has 7 nitrogen and oxygen atoms in total. The Morgan fingerprint density at radius 1 is 0.970 bits per heavy atom. The molecule has 0 radical (unpaired) electrons. The number of fused-ring (bicyclic) bond motifs is 1. The van der Waals surface area contributed by atoms with Gasteiger partial charge in [-0.3, -0.25) is 0 Å². The van der Waals surface area contributed by atoms with Gasteiger partial charge in [0.15, 0.2) is 11.5 Å². The molecule has 1 saturated heterocycles. The number of hydrogen-bond donors (Lipinski definition) is 2. The molecule has 0 spiro atoms. The van der Waals surface area contributed by atoms with Crippen LogP contribution in [0.3, 0.4) is 0 Å². The summed E-state index contributed by atoms with van der Waals surface area (Å²) in [5.41, 5.74) is 2.72. The summed E-state index contributed by atoms with van der Waals surface area (Å²) >= 11 is 1.70. The van der Waals surface area contributed by atoms with Gasteiger partial charge in [-0.2, -0.15) is 0 Å². The van der Waals surface area contributed by atoms with E-state index in [4.69, 9.17) is 14.2 Å². The van der Waals surface area contributed by atoms with Gasteiger partial charge in [0, 0.05) is 16.3 Å². The average molecular weight is 463 g/mol. The molecular weight excluding hydrogens is 436 g/mol. The third kappa shape index (κ3) is 4.58. The third-order valence-electron chi connectivity index (χ3n) is 5.76.